The molecule has 0 spiro atoms. The van der Waals surface area contributed by atoms with Gasteiger partial charge in [0.15, 0.2) is 5.76 Å². The van der Waals surface area contributed by atoms with Crippen molar-refractivity contribution in [1.82, 2.24) is 10.1 Å². The van der Waals surface area contributed by atoms with Crippen LogP contribution in [0.5, 0.6) is 0 Å². The number of aromatic nitrogens is 2. The predicted molar refractivity (Wildman–Crippen MR) is 71.3 cm³/mol. The molecule has 0 aliphatic carbocycles. The van der Waals surface area contributed by atoms with Gasteiger partial charge in [0.05, 0.1) is 6.26 Å². The second kappa shape index (κ2) is 4.28. The van der Waals surface area contributed by atoms with Gasteiger partial charge in [0.2, 0.25) is 5.82 Å². The second-order valence-corrected chi connectivity index (χ2v) is 4.43. The molecule has 2 N–H and O–H groups in total. The maximum atomic E-state index is 5.73. The van der Waals surface area contributed by atoms with Gasteiger partial charge >= 0.3 is 0 Å². The van der Waals surface area contributed by atoms with Gasteiger partial charge in [-0.25, -0.2) is 0 Å². The summed E-state index contributed by atoms with van der Waals surface area (Å²) in [5.41, 5.74) is 9.28. The number of nitrogen functional groups attached to an aromatic ring is 1. The first kappa shape index (κ1) is 11.5. The predicted octanol–water partition coefficient (Wildman–Crippen LogP) is 3.20. The lowest BCUT2D eigenvalue weighted by Crippen LogP contribution is -1.88. The molecule has 0 saturated carbocycles. The summed E-state index contributed by atoms with van der Waals surface area (Å²) in [5, 5.41) is 3.95. The number of hydrogen-bond donors (Lipinski definition) is 1. The number of hydrogen-bond acceptors (Lipinski definition) is 5. The molecule has 0 saturated heterocycles. The molecule has 5 heteroatoms. The van der Waals surface area contributed by atoms with Crippen molar-refractivity contribution in [2.24, 2.45) is 0 Å². The molecule has 96 valence electrons. The zero-order valence-corrected chi connectivity index (χ0v) is 10.7. The fourth-order valence-electron chi connectivity index (χ4n) is 1.95. The Kier molecular flexibility index (Phi) is 2.59. The Morgan fingerprint density at radius 2 is 1.95 bits per heavy atom. The Balaban J connectivity index is 2.04. The molecule has 5 nitrogen and oxygen atoms in total. The molecule has 0 aliphatic heterocycles. The van der Waals surface area contributed by atoms with E-state index >= 15 is 0 Å². The third-order valence-electron chi connectivity index (χ3n) is 2.97. The highest BCUT2D eigenvalue weighted by Gasteiger charge is 2.16. The van der Waals surface area contributed by atoms with Crippen molar-refractivity contribution < 1.29 is 8.94 Å². The van der Waals surface area contributed by atoms with Crippen molar-refractivity contribution in [3.63, 3.8) is 0 Å². The SMILES string of the molecule is Cc1cc(N)ccc1-c1nc(-c2occc2C)no1. The Labute approximate surface area is 110 Å². The molecule has 2 aromatic heterocycles. The Morgan fingerprint density at radius 1 is 1.11 bits per heavy atom. The molecule has 0 aliphatic rings. The van der Waals surface area contributed by atoms with Crippen molar-refractivity contribution in [3.8, 4) is 23.0 Å². The highest BCUT2D eigenvalue weighted by Crippen LogP contribution is 2.27. The van der Waals surface area contributed by atoms with Gasteiger partial charge in [0, 0.05) is 11.3 Å². The van der Waals surface area contributed by atoms with E-state index in [4.69, 9.17) is 14.7 Å². The molecular weight excluding hydrogens is 242 g/mol. The van der Waals surface area contributed by atoms with Gasteiger partial charge in [0.1, 0.15) is 0 Å². The van der Waals surface area contributed by atoms with Gasteiger partial charge in [0.25, 0.3) is 5.89 Å². The lowest BCUT2D eigenvalue weighted by atomic mass is 10.1. The smallest absolute Gasteiger partial charge is 0.258 e. The standard InChI is InChI=1S/C14H13N3O2/c1-8-5-6-18-12(8)13-16-14(19-17-13)11-4-3-10(15)7-9(11)2/h3-7H,15H2,1-2H3. The monoisotopic (exact) mass is 255 g/mol. The number of nitrogens with zero attached hydrogens (tertiary/aromatic N) is 2. The summed E-state index contributed by atoms with van der Waals surface area (Å²) in [4.78, 5) is 4.36. The quantitative estimate of drug-likeness (QED) is 0.711. The number of rotatable bonds is 2. The van der Waals surface area contributed by atoms with E-state index in [1.54, 1.807) is 6.26 Å². The van der Waals surface area contributed by atoms with Gasteiger partial charge in [-0.05, 0) is 49.2 Å². The number of aryl methyl sites for hydroxylation is 2. The maximum absolute atomic E-state index is 5.73. The van der Waals surface area contributed by atoms with Crippen LogP contribution in [0.25, 0.3) is 23.0 Å². The van der Waals surface area contributed by atoms with Crippen molar-refractivity contribution in [2.45, 2.75) is 13.8 Å². The molecule has 0 fully saturated rings. The average molecular weight is 255 g/mol. The molecule has 3 aromatic rings. The molecule has 3 rings (SSSR count). The number of furan rings is 1. The van der Waals surface area contributed by atoms with Crippen molar-refractivity contribution in [2.75, 3.05) is 5.73 Å². The van der Waals surface area contributed by atoms with Crippen molar-refractivity contribution in [3.05, 3.63) is 41.7 Å². The Morgan fingerprint density at radius 3 is 2.63 bits per heavy atom. The van der Waals surface area contributed by atoms with E-state index in [1.165, 1.54) is 0 Å². The van der Waals surface area contributed by atoms with Crippen LogP contribution in [0.2, 0.25) is 0 Å². The number of benzene rings is 1. The van der Waals surface area contributed by atoms with Gasteiger partial charge in [-0.2, -0.15) is 4.98 Å². The van der Waals surface area contributed by atoms with E-state index < -0.39 is 0 Å². The summed E-state index contributed by atoms with van der Waals surface area (Å²) in [5.74, 6) is 1.54. The van der Waals surface area contributed by atoms with E-state index in [0.717, 1.165) is 16.7 Å². The molecule has 1 aromatic carbocycles. The minimum atomic E-state index is 0.453. The summed E-state index contributed by atoms with van der Waals surface area (Å²) >= 11 is 0. The van der Waals surface area contributed by atoms with Crippen LogP contribution in [0.4, 0.5) is 5.69 Å². The second-order valence-electron chi connectivity index (χ2n) is 4.43. The van der Waals surface area contributed by atoms with E-state index in [1.807, 2.05) is 38.1 Å². The van der Waals surface area contributed by atoms with Gasteiger partial charge in [-0.3, -0.25) is 0 Å². The minimum absolute atomic E-state index is 0.453. The van der Waals surface area contributed by atoms with Crippen LogP contribution in [-0.4, -0.2) is 10.1 Å². The molecule has 0 unspecified atom stereocenters. The van der Waals surface area contributed by atoms with Crippen molar-refractivity contribution in [1.29, 1.82) is 0 Å². The van der Waals surface area contributed by atoms with E-state index in [2.05, 4.69) is 10.1 Å². The number of anilines is 1. The third kappa shape index (κ3) is 1.99. The van der Waals surface area contributed by atoms with E-state index in [-0.39, 0.29) is 0 Å². The van der Waals surface area contributed by atoms with Crippen molar-refractivity contribution >= 4 is 5.69 Å². The first-order valence-corrected chi connectivity index (χ1v) is 5.90. The maximum Gasteiger partial charge on any atom is 0.258 e. The highest BCUT2D eigenvalue weighted by molar-refractivity contribution is 5.64. The third-order valence-corrected chi connectivity index (χ3v) is 2.97. The molecule has 0 atom stereocenters. The Bertz CT molecular complexity index is 728. The van der Waals surface area contributed by atoms with Crippen LogP contribution in [0.3, 0.4) is 0 Å². The van der Waals surface area contributed by atoms with E-state index in [9.17, 15) is 0 Å². The molecule has 19 heavy (non-hydrogen) atoms. The first-order chi connectivity index (χ1) is 9.15. The molecule has 0 radical (unpaired) electrons. The summed E-state index contributed by atoms with van der Waals surface area (Å²) in [6, 6.07) is 7.42. The van der Waals surface area contributed by atoms with Gasteiger partial charge < -0.3 is 14.7 Å². The van der Waals surface area contributed by atoms with E-state index in [0.29, 0.717) is 23.2 Å². The normalized spacial score (nSPS) is 10.8. The lowest BCUT2D eigenvalue weighted by Gasteiger charge is -2.00. The van der Waals surface area contributed by atoms with Gasteiger partial charge in [-0.1, -0.05) is 5.16 Å². The number of nitrogens with two attached hydrogens (primary N) is 1. The largest absolute Gasteiger partial charge is 0.461 e. The molecular formula is C14H13N3O2. The van der Waals surface area contributed by atoms with Crippen LogP contribution in [-0.2, 0) is 0 Å². The fraction of sp³-hybridized carbons (Fsp3) is 0.143. The molecule has 2 heterocycles. The van der Waals surface area contributed by atoms with Gasteiger partial charge in [-0.15, -0.1) is 0 Å². The average Bonchev–Trinajstić information content (AvgIpc) is 2.97. The minimum Gasteiger partial charge on any atom is -0.461 e. The highest BCUT2D eigenvalue weighted by atomic mass is 16.5. The van der Waals surface area contributed by atoms with Crippen LogP contribution in [0.15, 0.2) is 39.5 Å². The lowest BCUT2D eigenvalue weighted by molar-refractivity contribution is 0.429. The fourth-order valence-corrected chi connectivity index (χ4v) is 1.95. The summed E-state index contributed by atoms with van der Waals surface area (Å²) in [7, 11) is 0. The van der Waals surface area contributed by atoms with Crippen LogP contribution in [0, 0.1) is 13.8 Å². The summed E-state index contributed by atoms with van der Waals surface area (Å²) < 4.78 is 10.6. The molecule has 0 bridgehead atoms. The van der Waals surface area contributed by atoms with Crippen LogP contribution >= 0.6 is 0 Å². The zero-order valence-electron chi connectivity index (χ0n) is 10.7. The summed E-state index contributed by atoms with van der Waals surface area (Å²) in [6.45, 7) is 3.89. The zero-order chi connectivity index (χ0) is 13.4. The topological polar surface area (TPSA) is 78.1 Å². The summed E-state index contributed by atoms with van der Waals surface area (Å²) in [6.07, 6.45) is 1.61. The van der Waals surface area contributed by atoms with Crippen LogP contribution in [0.1, 0.15) is 11.1 Å². The Hall–Kier alpha value is -2.56. The molecule has 0 amide bonds. The first-order valence-electron chi connectivity index (χ1n) is 5.90. The van der Waals surface area contributed by atoms with Crippen LogP contribution < -0.4 is 5.73 Å².